The molecule has 0 aliphatic heterocycles. The van der Waals surface area contributed by atoms with Crippen LogP contribution < -0.4 is 0 Å². The molecule has 0 aromatic rings. The molecule has 2 rings (SSSR count). The Morgan fingerprint density at radius 2 is 2.11 bits per heavy atom. The summed E-state index contributed by atoms with van der Waals surface area (Å²) < 4.78 is 0. The number of nitrogens with zero attached hydrogens (tertiary/aromatic N) is 1. The second-order valence-electron chi connectivity index (χ2n) is 8.30. The summed E-state index contributed by atoms with van der Waals surface area (Å²) in [6.07, 6.45) is 16.8. The SMILES string of the molecule is CC/C=C\C[C@H](O)/C=C/[C@@H]1[C@H]2CC(CCCCC(=O)N(C)C)=C[C@H]2C[C@H]1O. The number of carbonyl (C=O) groups excluding carboxylic acids is 1. The first-order valence-electron chi connectivity index (χ1n) is 10.5. The van der Waals surface area contributed by atoms with Crippen LogP contribution in [-0.4, -0.2) is 47.3 Å². The lowest BCUT2D eigenvalue weighted by Gasteiger charge is -2.18. The van der Waals surface area contributed by atoms with Gasteiger partial charge >= 0.3 is 0 Å². The number of aliphatic hydroxyl groups is 2. The highest BCUT2D eigenvalue weighted by molar-refractivity contribution is 5.75. The molecular weight excluding hydrogens is 338 g/mol. The number of allylic oxidation sites excluding steroid dienone is 3. The fraction of sp³-hybridized carbons (Fsp3) is 0.696. The van der Waals surface area contributed by atoms with Crippen LogP contribution in [0.25, 0.3) is 0 Å². The summed E-state index contributed by atoms with van der Waals surface area (Å²) >= 11 is 0. The van der Waals surface area contributed by atoms with E-state index in [1.807, 2.05) is 18.2 Å². The van der Waals surface area contributed by atoms with Crippen LogP contribution in [0.5, 0.6) is 0 Å². The molecule has 2 N–H and O–H groups in total. The Bertz CT molecular complexity index is 564. The van der Waals surface area contributed by atoms with Gasteiger partial charge in [0, 0.05) is 26.4 Å². The van der Waals surface area contributed by atoms with Crippen molar-refractivity contribution >= 4 is 5.91 Å². The van der Waals surface area contributed by atoms with E-state index in [4.69, 9.17) is 0 Å². The van der Waals surface area contributed by atoms with Crippen LogP contribution in [0.3, 0.4) is 0 Å². The van der Waals surface area contributed by atoms with Crippen molar-refractivity contribution in [1.82, 2.24) is 4.90 Å². The van der Waals surface area contributed by atoms with Crippen molar-refractivity contribution in [2.24, 2.45) is 17.8 Å². The molecule has 0 heterocycles. The number of amides is 1. The second kappa shape index (κ2) is 10.8. The van der Waals surface area contributed by atoms with E-state index in [2.05, 4.69) is 19.1 Å². The molecule has 4 heteroatoms. The van der Waals surface area contributed by atoms with Crippen molar-refractivity contribution in [1.29, 1.82) is 0 Å². The first-order chi connectivity index (χ1) is 12.9. The van der Waals surface area contributed by atoms with E-state index < -0.39 is 6.10 Å². The minimum atomic E-state index is -0.470. The first-order valence-corrected chi connectivity index (χ1v) is 10.5. The third-order valence-corrected chi connectivity index (χ3v) is 5.92. The highest BCUT2D eigenvalue weighted by Crippen LogP contribution is 2.48. The first kappa shape index (κ1) is 21.9. The monoisotopic (exact) mass is 375 g/mol. The minimum absolute atomic E-state index is 0.142. The largest absolute Gasteiger partial charge is 0.392 e. The fourth-order valence-electron chi connectivity index (χ4n) is 4.38. The summed E-state index contributed by atoms with van der Waals surface area (Å²) in [7, 11) is 3.61. The molecular formula is C23H37NO3. The van der Waals surface area contributed by atoms with E-state index in [9.17, 15) is 15.0 Å². The zero-order valence-corrected chi connectivity index (χ0v) is 17.2. The molecule has 1 saturated carbocycles. The highest BCUT2D eigenvalue weighted by Gasteiger charge is 2.43. The summed E-state index contributed by atoms with van der Waals surface area (Å²) in [5, 5.41) is 20.5. The molecule has 1 amide bonds. The van der Waals surface area contributed by atoms with Gasteiger partial charge in [-0.05, 0) is 56.8 Å². The van der Waals surface area contributed by atoms with Gasteiger partial charge < -0.3 is 15.1 Å². The van der Waals surface area contributed by atoms with Gasteiger partial charge in [-0.3, -0.25) is 4.79 Å². The van der Waals surface area contributed by atoms with E-state index in [0.717, 1.165) is 38.5 Å². The maximum atomic E-state index is 11.6. The van der Waals surface area contributed by atoms with Gasteiger partial charge in [-0.25, -0.2) is 0 Å². The zero-order chi connectivity index (χ0) is 19.8. The molecule has 0 aromatic carbocycles. The van der Waals surface area contributed by atoms with E-state index in [1.54, 1.807) is 19.0 Å². The maximum absolute atomic E-state index is 11.6. The van der Waals surface area contributed by atoms with Crippen molar-refractivity contribution in [3.05, 3.63) is 36.0 Å². The standard InChI is InChI=1S/C23H37NO3/c1-4-5-6-10-19(25)12-13-20-21-15-17(14-18(21)16-22(20)26)9-7-8-11-23(27)24(2)3/h5-6,12-14,18-22,25-26H,4,7-11,15-16H2,1-3H3/b6-5-,13-12+/t18-,19-,20+,21-,22+/m0/s1. The van der Waals surface area contributed by atoms with E-state index in [-0.39, 0.29) is 17.9 Å². The number of unbranched alkanes of at least 4 members (excludes halogenated alkanes) is 1. The Labute approximate surface area is 164 Å². The minimum Gasteiger partial charge on any atom is -0.392 e. The molecule has 0 saturated heterocycles. The number of hydrogen-bond acceptors (Lipinski definition) is 3. The van der Waals surface area contributed by atoms with E-state index >= 15 is 0 Å². The van der Waals surface area contributed by atoms with Gasteiger partial charge in [-0.2, -0.15) is 0 Å². The van der Waals surface area contributed by atoms with E-state index in [0.29, 0.717) is 24.7 Å². The van der Waals surface area contributed by atoms with Crippen molar-refractivity contribution in [3.63, 3.8) is 0 Å². The summed E-state index contributed by atoms with van der Waals surface area (Å²) in [6, 6.07) is 0. The van der Waals surface area contributed by atoms with Crippen LogP contribution >= 0.6 is 0 Å². The Morgan fingerprint density at radius 3 is 2.81 bits per heavy atom. The van der Waals surface area contributed by atoms with Crippen LogP contribution in [0.4, 0.5) is 0 Å². The number of fused-ring (bicyclic) bond motifs is 1. The molecule has 27 heavy (non-hydrogen) atoms. The van der Waals surface area contributed by atoms with Gasteiger partial charge in [-0.1, -0.05) is 42.9 Å². The lowest BCUT2D eigenvalue weighted by molar-refractivity contribution is -0.128. The number of aliphatic hydroxyl groups excluding tert-OH is 2. The van der Waals surface area contributed by atoms with Crippen molar-refractivity contribution in [2.75, 3.05) is 14.1 Å². The van der Waals surface area contributed by atoms with Crippen molar-refractivity contribution in [3.8, 4) is 0 Å². The zero-order valence-electron chi connectivity index (χ0n) is 17.2. The molecule has 4 nitrogen and oxygen atoms in total. The summed E-state index contributed by atoms with van der Waals surface area (Å²) in [5.74, 6) is 1.27. The Kier molecular flexibility index (Phi) is 8.78. The predicted octanol–water partition coefficient (Wildman–Crippen LogP) is 3.85. The van der Waals surface area contributed by atoms with Gasteiger partial charge in [-0.15, -0.1) is 0 Å². The number of hydrogen-bond donors (Lipinski definition) is 2. The summed E-state index contributed by atoms with van der Waals surface area (Å²) in [6.45, 7) is 2.08. The second-order valence-corrected chi connectivity index (χ2v) is 8.30. The molecule has 0 spiro atoms. The Morgan fingerprint density at radius 1 is 1.33 bits per heavy atom. The van der Waals surface area contributed by atoms with Gasteiger partial charge in [0.1, 0.15) is 0 Å². The summed E-state index contributed by atoms with van der Waals surface area (Å²) in [5.41, 5.74) is 1.49. The summed E-state index contributed by atoms with van der Waals surface area (Å²) in [4.78, 5) is 13.3. The molecule has 152 valence electrons. The Balaban J connectivity index is 1.78. The third kappa shape index (κ3) is 6.62. The van der Waals surface area contributed by atoms with Crippen LogP contribution in [-0.2, 0) is 4.79 Å². The fourth-order valence-corrected chi connectivity index (χ4v) is 4.38. The average Bonchev–Trinajstić information content (AvgIpc) is 3.13. The molecule has 2 aliphatic carbocycles. The Hall–Kier alpha value is -1.39. The third-order valence-electron chi connectivity index (χ3n) is 5.92. The van der Waals surface area contributed by atoms with Crippen LogP contribution in [0.2, 0.25) is 0 Å². The average molecular weight is 376 g/mol. The van der Waals surface area contributed by atoms with Gasteiger partial charge in [0.15, 0.2) is 0 Å². The molecule has 5 atom stereocenters. The van der Waals surface area contributed by atoms with Gasteiger partial charge in [0.25, 0.3) is 0 Å². The van der Waals surface area contributed by atoms with Crippen LogP contribution in [0, 0.1) is 17.8 Å². The van der Waals surface area contributed by atoms with E-state index in [1.165, 1.54) is 5.57 Å². The van der Waals surface area contributed by atoms with Crippen LogP contribution in [0.15, 0.2) is 36.0 Å². The molecule has 0 unspecified atom stereocenters. The molecule has 0 bridgehead atoms. The highest BCUT2D eigenvalue weighted by atomic mass is 16.3. The maximum Gasteiger partial charge on any atom is 0.222 e. The van der Waals surface area contributed by atoms with Crippen molar-refractivity contribution < 1.29 is 15.0 Å². The van der Waals surface area contributed by atoms with Gasteiger partial charge in [0.05, 0.1) is 12.2 Å². The predicted molar refractivity (Wildman–Crippen MR) is 110 cm³/mol. The lowest BCUT2D eigenvalue weighted by Crippen LogP contribution is -2.21. The molecule has 1 fully saturated rings. The number of carbonyl (C=O) groups is 1. The number of rotatable bonds is 10. The molecule has 0 aromatic heterocycles. The molecule has 2 aliphatic rings. The van der Waals surface area contributed by atoms with Crippen molar-refractivity contribution in [2.45, 2.75) is 70.5 Å². The molecule has 0 radical (unpaired) electrons. The van der Waals surface area contributed by atoms with Gasteiger partial charge in [0.2, 0.25) is 5.91 Å². The lowest BCUT2D eigenvalue weighted by atomic mass is 9.88. The normalized spacial score (nSPS) is 28.7. The van der Waals surface area contributed by atoms with Crippen LogP contribution in [0.1, 0.15) is 58.3 Å². The smallest absolute Gasteiger partial charge is 0.222 e. The quantitative estimate of drug-likeness (QED) is 0.450. The topological polar surface area (TPSA) is 60.8 Å².